The molecule has 0 radical (unpaired) electrons. The molecule has 2 fully saturated rings. The van der Waals surface area contributed by atoms with E-state index in [1.54, 1.807) is 29.3 Å². The van der Waals surface area contributed by atoms with Crippen LogP contribution in [0.4, 0.5) is 11.4 Å². The Morgan fingerprint density at radius 3 is 2.14 bits per heavy atom. The summed E-state index contributed by atoms with van der Waals surface area (Å²) >= 11 is 6.15. The molecule has 2 aliphatic heterocycles. The number of ether oxygens (including phenoxy) is 1. The van der Waals surface area contributed by atoms with E-state index >= 15 is 0 Å². The Labute approximate surface area is 219 Å². The Hall–Kier alpha value is -4.13. The first-order valence-electron chi connectivity index (χ1n) is 12.0. The zero-order valence-electron chi connectivity index (χ0n) is 19.7. The number of amides is 2. The number of benzene rings is 4. The highest BCUT2D eigenvalue weighted by Crippen LogP contribution is 2.47. The van der Waals surface area contributed by atoms with Gasteiger partial charge >= 0.3 is 0 Å². The van der Waals surface area contributed by atoms with Crippen molar-refractivity contribution in [1.29, 1.82) is 0 Å². The molecule has 3 atom stereocenters. The fourth-order valence-electron chi connectivity index (χ4n) is 4.92. The fraction of sp³-hybridized carbons (Fsp3) is 0.133. The molecular formula is C30H23ClN2O4. The quantitative estimate of drug-likeness (QED) is 0.299. The lowest BCUT2D eigenvalue weighted by Crippen LogP contribution is -2.37. The zero-order chi connectivity index (χ0) is 25.4. The van der Waals surface area contributed by atoms with Crippen molar-refractivity contribution in [2.75, 3.05) is 9.96 Å². The van der Waals surface area contributed by atoms with E-state index in [0.717, 1.165) is 16.8 Å². The van der Waals surface area contributed by atoms with E-state index in [2.05, 4.69) is 0 Å². The van der Waals surface area contributed by atoms with E-state index in [-0.39, 0.29) is 5.91 Å². The monoisotopic (exact) mass is 510 g/mol. The molecule has 7 heteroatoms. The summed E-state index contributed by atoms with van der Waals surface area (Å²) in [5.74, 6) is -0.722. The molecule has 2 saturated heterocycles. The lowest BCUT2D eigenvalue weighted by molar-refractivity contribution is -0.126. The molecule has 0 unspecified atom stereocenters. The first-order chi connectivity index (χ1) is 18.1. The summed E-state index contributed by atoms with van der Waals surface area (Å²) in [5, 5.41) is 2.13. The van der Waals surface area contributed by atoms with Gasteiger partial charge in [-0.3, -0.25) is 14.4 Å². The van der Waals surface area contributed by atoms with E-state index in [0.29, 0.717) is 23.1 Å². The molecule has 6 nitrogen and oxygen atoms in total. The zero-order valence-corrected chi connectivity index (χ0v) is 20.5. The van der Waals surface area contributed by atoms with E-state index in [1.807, 2.05) is 84.9 Å². The topological polar surface area (TPSA) is 59.1 Å². The van der Waals surface area contributed by atoms with Crippen LogP contribution in [-0.2, 0) is 21.0 Å². The maximum Gasteiger partial charge on any atom is 0.266 e. The van der Waals surface area contributed by atoms with Gasteiger partial charge in [-0.1, -0.05) is 78.3 Å². The summed E-state index contributed by atoms with van der Waals surface area (Å²) in [6.45, 7) is 0.454. The molecular weight excluding hydrogens is 488 g/mol. The lowest BCUT2D eigenvalue weighted by atomic mass is 9.90. The number of carbonyl (C=O) groups excluding carboxylic acids is 2. The molecule has 6 rings (SSSR count). The third-order valence-electron chi connectivity index (χ3n) is 6.66. The van der Waals surface area contributed by atoms with Gasteiger partial charge in [-0.15, -0.1) is 0 Å². The highest BCUT2D eigenvalue weighted by atomic mass is 35.5. The first-order valence-corrected chi connectivity index (χ1v) is 12.4. The van der Waals surface area contributed by atoms with E-state index < -0.39 is 24.0 Å². The largest absolute Gasteiger partial charge is 0.489 e. The summed E-state index contributed by atoms with van der Waals surface area (Å²) < 4.78 is 5.95. The van der Waals surface area contributed by atoms with Crippen molar-refractivity contribution in [3.63, 3.8) is 0 Å². The second-order valence-corrected chi connectivity index (χ2v) is 9.43. The predicted molar refractivity (Wildman–Crippen MR) is 141 cm³/mol. The summed E-state index contributed by atoms with van der Waals surface area (Å²) in [6, 6.07) is 33.3. The molecule has 2 amide bonds. The number of hydroxylamine groups is 1. The SMILES string of the molecule is O=C1[C@H]2[C@H](ON(c3ccccc3)[C@H]2c2ccc(OCc3ccccc3)cc2)C(=O)N1c1cccc(Cl)c1. The van der Waals surface area contributed by atoms with Crippen LogP contribution in [0.5, 0.6) is 5.75 Å². The van der Waals surface area contributed by atoms with Crippen LogP contribution < -0.4 is 14.7 Å². The minimum Gasteiger partial charge on any atom is -0.489 e. The molecule has 184 valence electrons. The lowest BCUT2D eigenvalue weighted by Gasteiger charge is -2.29. The maximum absolute atomic E-state index is 13.7. The normalized spacial score (nSPS) is 20.8. The molecule has 0 aromatic heterocycles. The van der Waals surface area contributed by atoms with Crippen LogP contribution in [0, 0.1) is 5.92 Å². The Kier molecular flexibility index (Phi) is 6.12. The van der Waals surface area contributed by atoms with Crippen molar-refractivity contribution in [3.8, 4) is 5.75 Å². The average Bonchev–Trinajstić information content (AvgIpc) is 3.44. The molecule has 2 aliphatic rings. The number of carbonyl (C=O) groups is 2. The van der Waals surface area contributed by atoms with Gasteiger partial charge in [0, 0.05) is 5.02 Å². The van der Waals surface area contributed by atoms with Crippen molar-refractivity contribution in [3.05, 3.63) is 125 Å². The number of halogens is 1. The van der Waals surface area contributed by atoms with Crippen molar-refractivity contribution in [2.24, 2.45) is 5.92 Å². The average molecular weight is 511 g/mol. The van der Waals surface area contributed by atoms with Gasteiger partial charge in [0.2, 0.25) is 5.91 Å². The van der Waals surface area contributed by atoms with Crippen molar-refractivity contribution < 1.29 is 19.2 Å². The molecule has 0 spiro atoms. The van der Waals surface area contributed by atoms with Crippen LogP contribution >= 0.6 is 11.6 Å². The smallest absolute Gasteiger partial charge is 0.266 e. The van der Waals surface area contributed by atoms with Crippen LogP contribution in [0.3, 0.4) is 0 Å². The van der Waals surface area contributed by atoms with Crippen molar-refractivity contribution in [1.82, 2.24) is 0 Å². The van der Waals surface area contributed by atoms with E-state index in [9.17, 15) is 9.59 Å². The molecule has 0 N–H and O–H groups in total. The van der Waals surface area contributed by atoms with Crippen molar-refractivity contribution in [2.45, 2.75) is 18.8 Å². The summed E-state index contributed by atoms with van der Waals surface area (Å²) in [6.07, 6.45) is -0.939. The number of para-hydroxylation sites is 1. The van der Waals surface area contributed by atoms with Gasteiger partial charge in [0.25, 0.3) is 5.91 Å². The number of nitrogens with zero attached hydrogens (tertiary/aromatic N) is 2. The summed E-state index contributed by atoms with van der Waals surface area (Å²) in [7, 11) is 0. The summed E-state index contributed by atoms with van der Waals surface area (Å²) in [5.41, 5.74) is 3.12. The first kappa shape index (κ1) is 23.3. The molecule has 0 bridgehead atoms. The molecule has 37 heavy (non-hydrogen) atoms. The Morgan fingerprint density at radius 1 is 0.757 bits per heavy atom. The number of anilines is 2. The molecule has 4 aromatic carbocycles. The van der Waals surface area contributed by atoms with Gasteiger partial charge in [-0.05, 0) is 53.6 Å². The van der Waals surface area contributed by atoms with Crippen LogP contribution in [-0.4, -0.2) is 17.9 Å². The number of hydrogen-bond acceptors (Lipinski definition) is 5. The van der Waals surface area contributed by atoms with Crippen molar-refractivity contribution >= 4 is 34.8 Å². The fourth-order valence-corrected chi connectivity index (χ4v) is 5.11. The van der Waals surface area contributed by atoms with Crippen LogP contribution in [0.2, 0.25) is 5.02 Å². The highest BCUT2D eigenvalue weighted by Gasteiger charge is 2.60. The van der Waals surface area contributed by atoms with Crippen LogP contribution in [0.1, 0.15) is 17.2 Å². The number of hydrogen-bond donors (Lipinski definition) is 0. The standard InChI is InChI=1S/C30H23ClN2O4/c31-22-10-7-13-24(18-22)32-29(34)26-27(33(37-28(26)30(32)35)23-11-5-2-6-12-23)21-14-16-25(17-15-21)36-19-20-8-3-1-4-9-20/h1-18,26-28H,19H2/t26-,27+,28+/m1/s1. The predicted octanol–water partition coefficient (Wildman–Crippen LogP) is 5.97. The van der Waals surface area contributed by atoms with Gasteiger partial charge in [-0.2, -0.15) is 0 Å². The van der Waals surface area contributed by atoms with E-state index in [4.69, 9.17) is 21.2 Å². The molecule has 4 aromatic rings. The number of imide groups is 1. The molecule has 0 aliphatic carbocycles. The van der Waals surface area contributed by atoms with Crippen LogP contribution in [0.25, 0.3) is 0 Å². The molecule has 2 heterocycles. The third kappa shape index (κ3) is 4.35. The van der Waals surface area contributed by atoms with Gasteiger partial charge < -0.3 is 4.74 Å². The third-order valence-corrected chi connectivity index (χ3v) is 6.90. The number of rotatable bonds is 6. The minimum absolute atomic E-state index is 0.315. The Morgan fingerprint density at radius 2 is 1.43 bits per heavy atom. The van der Waals surface area contributed by atoms with Gasteiger partial charge in [0.15, 0.2) is 6.10 Å². The minimum atomic E-state index is -0.939. The van der Waals surface area contributed by atoms with Gasteiger partial charge in [0.1, 0.15) is 18.3 Å². The Bertz CT molecular complexity index is 1430. The highest BCUT2D eigenvalue weighted by molar-refractivity contribution is 6.31. The molecule has 0 saturated carbocycles. The maximum atomic E-state index is 13.7. The van der Waals surface area contributed by atoms with E-state index in [1.165, 1.54) is 4.90 Å². The second kappa shape index (κ2) is 9.73. The van der Waals surface area contributed by atoms with Crippen LogP contribution in [0.15, 0.2) is 109 Å². The number of fused-ring (bicyclic) bond motifs is 1. The summed E-state index contributed by atoms with van der Waals surface area (Å²) in [4.78, 5) is 34.5. The van der Waals surface area contributed by atoms with Gasteiger partial charge in [0.05, 0.1) is 17.4 Å². The Balaban J connectivity index is 1.32. The van der Waals surface area contributed by atoms with Gasteiger partial charge in [-0.25, -0.2) is 9.96 Å². The second-order valence-electron chi connectivity index (χ2n) is 8.99.